The molecule has 0 unspecified atom stereocenters. The number of anilines is 1. The Kier molecular flexibility index (Phi) is 5.83. The molecule has 1 saturated heterocycles. The Balaban J connectivity index is 1.48. The van der Waals surface area contributed by atoms with Crippen molar-refractivity contribution in [3.63, 3.8) is 0 Å². The van der Waals surface area contributed by atoms with E-state index in [4.69, 9.17) is 0 Å². The zero-order chi connectivity index (χ0) is 17.6. The number of nitrogens with one attached hydrogen (secondary N) is 2. The maximum Gasteiger partial charge on any atom is 0.224 e. The SMILES string of the molecule is C[C@@H](CCC(=O)Nc1cccc(-c2cnc[nH]2)c1)N1CCN(C)CC1. The predicted octanol–water partition coefficient (Wildman–Crippen LogP) is 2.43. The number of H-pyrrole nitrogens is 1. The molecular formula is C19H27N5O. The van der Waals surface area contributed by atoms with Crippen molar-refractivity contribution < 1.29 is 4.79 Å². The lowest BCUT2D eigenvalue weighted by Gasteiger charge is -2.36. The number of hydrogen-bond acceptors (Lipinski definition) is 4. The molecule has 0 bridgehead atoms. The average Bonchev–Trinajstić information content (AvgIpc) is 3.15. The zero-order valence-corrected chi connectivity index (χ0v) is 15.0. The molecule has 3 rings (SSSR count). The minimum Gasteiger partial charge on any atom is -0.345 e. The van der Waals surface area contributed by atoms with Crippen LogP contribution < -0.4 is 5.32 Å². The highest BCUT2D eigenvalue weighted by atomic mass is 16.1. The number of likely N-dealkylation sites (N-methyl/N-ethyl adjacent to an activating group) is 1. The van der Waals surface area contributed by atoms with E-state index in [9.17, 15) is 4.79 Å². The summed E-state index contributed by atoms with van der Waals surface area (Å²) in [5, 5.41) is 3.01. The first kappa shape index (κ1) is 17.6. The zero-order valence-electron chi connectivity index (χ0n) is 15.0. The smallest absolute Gasteiger partial charge is 0.224 e. The third-order valence-corrected chi connectivity index (χ3v) is 4.91. The first-order chi connectivity index (χ1) is 12.1. The fraction of sp³-hybridized carbons (Fsp3) is 0.474. The number of rotatable bonds is 6. The number of amides is 1. The molecule has 134 valence electrons. The van der Waals surface area contributed by atoms with Crippen molar-refractivity contribution in [2.45, 2.75) is 25.8 Å². The molecule has 1 aromatic carbocycles. The van der Waals surface area contributed by atoms with Crippen LogP contribution in [0.15, 0.2) is 36.8 Å². The van der Waals surface area contributed by atoms with E-state index in [1.54, 1.807) is 12.5 Å². The van der Waals surface area contributed by atoms with Crippen molar-refractivity contribution in [1.82, 2.24) is 19.8 Å². The van der Waals surface area contributed by atoms with E-state index in [1.165, 1.54) is 0 Å². The predicted molar refractivity (Wildman–Crippen MR) is 100 cm³/mol. The highest BCUT2D eigenvalue weighted by Gasteiger charge is 2.19. The largest absolute Gasteiger partial charge is 0.345 e. The van der Waals surface area contributed by atoms with Gasteiger partial charge in [-0.25, -0.2) is 4.98 Å². The lowest BCUT2D eigenvalue weighted by Crippen LogP contribution is -2.48. The maximum atomic E-state index is 12.3. The molecule has 1 aliphatic rings. The second kappa shape index (κ2) is 8.27. The summed E-state index contributed by atoms with van der Waals surface area (Å²) in [7, 11) is 2.16. The third-order valence-electron chi connectivity index (χ3n) is 4.91. The summed E-state index contributed by atoms with van der Waals surface area (Å²) in [6.45, 7) is 6.61. The molecule has 6 nitrogen and oxygen atoms in total. The van der Waals surface area contributed by atoms with Gasteiger partial charge in [-0.1, -0.05) is 12.1 Å². The normalized spacial score (nSPS) is 17.4. The van der Waals surface area contributed by atoms with Crippen LogP contribution in [0.3, 0.4) is 0 Å². The number of piperazine rings is 1. The van der Waals surface area contributed by atoms with E-state index < -0.39 is 0 Å². The van der Waals surface area contributed by atoms with Crippen LogP contribution in [0.1, 0.15) is 19.8 Å². The first-order valence-electron chi connectivity index (χ1n) is 8.93. The second-order valence-corrected chi connectivity index (χ2v) is 6.82. The van der Waals surface area contributed by atoms with Gasteiger partial charge in [0.2, 0.25) is 5.91 Å². The van der Waals surface area contributed by atoms with Gasteiger partial charge in [0.05, 0.1) is 18.2 Å². The van der Waals surface area contributed by atoms with Crippen LogP contribution in [0.5, 0.6) is 0 Å². The quantitative estimate of drug-likeness (QED) is 0.847. The van der Waals surface area contributed by atoms with E-state index in [0.717, 1.165) is 49.5 Å². The van der Waals surface area contributed by atoms with Crippen LogP contribution in [-0.2, 0) is 4.79 Å². The maximum absolute atomic E-state index is 12.3. The van der Waals surface area contributed by atoms with Gasteiger partial charge in [0.1, 0.15) is 0 Å². The summed E-state index contributed by atoms with van der Waals surface area (Å²) < 4.78 is 0. The Labute approximate surface area is 149 Å². The molecule has 2 N–H and O–H groups in total. The molecule has 1 fully saturated rings. The fourth-order valence-electron chi connectivity index (χ4n) is 3.19. The number of carbonyl (C=O) groups excluding carboxylic acids is 1. The summed E-state index contributed by atoms with van der Waals surface area (Å²) in [4.78, 5) is 24.2. The number of hydrogen-bond donors (Lipinski definition) is 2. The lowest BCUT2D eigenvalue weighted by atomic mass is 10.1. The summed E-state index contributed by atoms with van der Waals surface area (Å²) in [5.74, 6) is 0.0720. The van der Waals surface area contributed by atoms with Crippen LogP contribution in [-0.4, -0.2) is 64.9 Å². The van der Waals surface area contributed by atoms with Crippen molar-refractivity contribution in [3.8, 4) is 11.3 Å². The number of imidazole rings is 1. The summed E-state index contributed by atoms with van der Waals surface area (Å²) in [6, 6.07) is 8.27. The van der Waals surface area contributed by atoms with Gasteiger partial charge in [-0.2, -0.15) is 0 Å². The molecular weight excluding hydrogens is 314 g/mol. The standard InChI is InChI=1S/C19H27N5O/c1-15(24-10-8-23(2)9-11-24)6-7-19(25)22-17-5-3-4-16(12-17)18-13-20-14-21-18/h3-5,12-15H,6-11H2,1-2H3,(H,20,21)(H,22,25)/t15-/m0/s1. The van der Waals surface area contributed by atoms with Crippen LogP contribution in [0.4, 0.5) is 5.69 Å². The molecule has 1 aromatic heterocycles. The first-order valence-corrected chi connectivity index (χ1v) is 8.93. The van der Waals surface area contributed by atoms with Gasteiger partial charge in [-0.15, -0.1) is 0 Å². The Morgan fingerprint density at radius 1 is 1.32 bits per heavy atom. The highest BCUT2D eigenvalue weighted by molar-refractivity contribution is 5.91. The van der Waals surface area contributed by atoms with Gasteiger partial charge in [-0.05, 0) is 32.5 Å². The Morgan fingerprint density at radius 3 is 2.84 bits per heavy atom. The average molecular weight is 341 g/mol. The molecule has 2 aromatic rings. The van der Waals surface area contributed by atoms with Crippen LogP contribution in [0.25, 0.3) is 11.3 Å². The van der Waals surface area contributed by atoms with E-state index >= 15 is 0 Å². The molecule has 2 heterocycles. The van der Waals surface area contributed by atoms with Crippen LogP contribution in [0, 0.1) is 0 Å². The van der Waals surface area contributed by atoms with Crippen molar-refractivity contribution in [2.24, 2.45) is 0 Å². The molecule has 25 heavy (non-hydrogen) atoms. The van der Waals surface area contributed by atoms with E-state index in [-0.39, 0.29) is 5.91 Å². The number of benzene rings is 1. The molecule has 6 heteroatoms. The summed E-state index contributed by atoms with van der Waals surface area (Å²) in [5.41, 5.74) is 2.78. The second-order valence-electron chi connectivity index (χ2n) is 6.82. The van der Waals surface area contributed by atoms with Crippen molar-refractivity contribution >= 4 is 11.6 Å². The Hall–Kier alpha value is -2.18. The molecule has 0 aliphatic carbocycles. The van der Waals surface area contributed by atoms with Gasteiger partial charge in [0.25, 0.3) is 0 Å². The van der Waals surface area contributed by atoms with Crippen molar-refractivity contribution in [1.29, 1.82) is 0 Å². The minimum absolute atomic E-state index is 0.0720. The number of carbonyl (C=O) groups is 1. The van der Waals surface area contributed by atoms with E-state index in [0.29, 0.717) is 12.5 Å². The van der Waals surface area contributed by atoms with Crippen LogP contribution >= 0.6 is 0 Å². The van der Waals surface area contributed by atoms with Gasteiger partial charge >= 0.3 is 0 Å². The van der Waals surface area contributed by atoms with Crippen LogP contribution in [0.2, 0.25) is 0 Å². The fourth-order valence-corrected chi connectivity index (χ4v) is 3.19. The van der Waals surface area contributed by atoms with Gasteiger partial charge < -0.3 is 15.2 Å². The van der Waals surface area contributed by atoms with E-state index in [1.807, 2.05) is 24.3 Å². The topological polar surface area (TPSA) is 64.3 Å². The number of aromatic nitrogens is 2. The summed E-state index contributed by atoms with van der Waals surface area (Å²) >= 11 is 0. The van der Waals surface area contributed by atoms with Gasteiger partial charge in [0, 0.05) is 49.9 Å². The molecule has 0 radical (unpaired) electrons. The highest BCUT2D eigenvalue weighted by Crippen LogP contribution is 2.20. The lowest BCUT2D eigenvalue weighted by molar-refractivity contribution is -0.116. The molecule has 0 spiro atoms. The molecule has 1 aliphatic heterocycles. The molecule has 1 atom stereocenters. The Bertz CT molecular complexity index is 677. The number of aromatic amines is 1. The minimum atomic E-state index is 0.0720. The summed E-state index contributed by atoms with van der Waals surface area (Å²) in [6.07, 6.45) is 4.86. The Morgan fingerprint density at radius 2 is 2.12 bits per heavy atom. The van der Waals surface area contributed by atoms with E-state index in [2.05, 4.69) is 39.1 Å². The molecule has 1 amide bonds. The molecule has 0 saturated carbocycles. The third kappa shape index (κ3) is 4.90. The van der Waals surface area contributed by atoms with Gasteiger partial charge in [0.15, 0.2) is 0 Å². The van der Waals surface area contributed by atoms with Gasteiger partial charge in [-0.3, -0.25) is 9.69 Å². The van der Waals surface area contributed by atoms with Crippen molar-refractivity contribution in [3.05, 3.63) is 36.8 Å². The number of nitrogens with zero attached hydrogens (tertiary/aromatic N) is 3. The monoisotopic (exact) mass is 341 g/mol. The van der Waals surface area contributed by atoms with Crippen molar-refractivity contribution in [2.75, 3.05) is 38.5 Å².